The fraction of sp³-hybridized carbons (Fsp3) is 0.619. The van der Waals surface area contributed by atoms with Crippen molar-refractivity contribution in [3.05, 3.63) is 29.8 Å². The Morgan fingerprint density at radius 1 is 1.27 bits per heavy atom. The number of benzene rings is 1. The zero-order valence-electron chi connectivity index (χ0n) is 17.8. The monoisotopic (exact) mass is 428 g/mol. The second kappa shape index (κ2) is 11.1. The number of carbonyl (C=O) groups excluding carboxylic acids is 1. The van der Waals surface area contributed by atoms with E-state index >= 15 is 0 Å². The van der Waals surface area contributed by atoms with Crippen LogP contribution in [-0.4, -0.2) is 55.6 Å². The van der Waals surface area contributed by atoms with E-state index in [1.807, 2.05) is 25.7 Å². The second-order valence-corrected chi connectivity index (χ2v) is 7.50. The molecule has 2 rings (SSSR count). The molecule has 2 N–H and O–H groups in total. The number of ether oxygens (including phenoxy) is 1. The molecule has 0 bridgehead atoms. The molecule has 0 atom stereocenters. The van der Waals surface area contributed by atoms with Gasteiger partial charge in [-0.2, -0.15) is 13.2 Å². The summed E-state index contributed by atoms with van der Waals surface area (Å²) in [5.41, 5.74) is -0.790. The molecular formula is C21H31F3N4O2. The number of aliphatic imine (C=N–C) groups is 1. The molecule has 6 nitrogen and oxygen atoms in total. The van der Waals surface area contributed by atoms with Gasteiger partial charge in [0.05, 0.1) is 12.1 Å². The number of amides is 1. The SMILES string of the molecule is CCNC(=NCCOc1ccccc1C(F)(F)F)NC1CCN(C(=O)C(C)C)CC1. The maximum Gasteiger partial charge on any atom is 0.419 e. The van der Waals surface area contributed by atoms with Crippen LogP contribution in [0.1, 0.15) is 39.2 Å². The molecule has 0 saturated carbocycles. The smallest absolute Gasteiger partial charge is 0.419 e. The van der Waals surface area contributed by atoms with Gasteiger partial charge in [-0.05, 0) is 31.9 Å². The first kappa shape index (κ1) is 23.8. The molecule has 0 aliphatic carbocycles. The van der Waals surface area contributed by atoms with Gasteiger partial charge in [0.2, 0.25) is 5.91 Å². The van der Waals surface area contributed by atoms with Crippen LogP contribution in [0.2, 0.25) is 0 Å². The van der Waals surface area contributed by atoms with Crippen LogP contribution in [0.5, 0.6) is 5.75 Å². The number of nitrogens with one attached hydrogen (secondary N) is 2. The number of piperidine rings is 1. The van der Waals surface area contributed by atoms with Gasteiger partial charge >= 0.3 is 6.18 Å². The molecule has 30 heavy (non-hydrogen) atoms. The molecule has 1 aromatic carbocycles. The molecule has 1 heterocycles. The van der Waals surface area contributed by atoms with Crippen LogP contribution >= 0.6 is 0 Å². The normalized spacial score (nSPS) is 16.0. The van der Waals surface area contributed by atoms with Gasteiger partial charge in [-0.25, -0.2) is 4.99 Å². The second-order valence-electron chi connectivity index (χ2n) is 7.50. The van der Waals surface area contributed by atoms with Gasteiger partial charge < -0.3 is 20.3 Å². The number of nitrogens with zero attached hydrogens (tertiary/aromatic N) is 2. The zero-order valence-corrected chi connectivity index (χ0v) is 17.8. The van der Waals surface area contributed by atoms with Crippen LogP contribution in [0.3, 0.4) is 0 Å². The van der Waals surface area contributed by atoms with E-state index in [1.165, 1.54) is 18.2 Å². The predicted octanol–water partition coefficient (Wildman–Crippen LogP) is 3.29. The summed E-state index contributed by atoms with van der Waals surface area (Å²) in [5.74, 6) is 0.570. The highest BCUT2D eigenvalue weighted by molar-refractivity contribution is 5.80. The quantitative estimate of drug-likeness (QED) is 0.397. The first-order valence-electron chi connectivity index (χ1n) is 10.3. The zero-order chi connectivity index (χ0) is 22.1. The number of hydrogen-bond donors (Lipinski definition) is 2. The Bertz CT molecular complexity index is 714. The molecule has 1 saturated heterocycles. The van der Waals surface area contributed by atoms with E-state index < -0.39 is 11.7 Å². The number of hydrogen-bond acceptors (Lipinski definition) is 3. The minimum Gasteiger partial charge on any atom is -0.491 e. The van der Waals surface area contributed by atoms with Crippen molar-refractivity contribution >= 4 is 11.9 Å². The Morgan fingerprint density at radius 3 is 2.53 bits per heavy atom. The Morgan fingerprint density at radius 2 is 1.93 bits per heavy atom. The molecule has 1 aliphatic rings. The molecule has 9 heteroatoms. The van der Waals surface area contributed by atoms with Crippen molar-refractivity contribution in [2.24, 2.45) is 10.9 Å². The van der Waals surface area contributed by atoms with Crippen LogP contribution in [0, 0.1) is 5.92 Å². The van der Waals surface area contributed by atoms with Gasteiger partial charge in [0, 0.05) is 31.6 Å². The number of guanidine groups is 1. The average molecular weight is 428 g/mol. The lowest BCUT2D eigenvalue weighted by atomic mass is 10.0. The summed E-state index contributed by atoms with van der Waals surface area (Å²) < 4.78 is 44.4. The molecule has 0 unspecified atom stereocenters. The molecule has 1 aromatic rings. The Balaban J connectivity index is 1.85. The Kier molecular flexibility index (Phi) is 8.80. The lowest BCUT2D eigenvalue weighted by molar-refractivity contribution is -0.139. The maximum absolute atomic E-state index is 13.0. The molecule has 0 aromatic heterocycles. The van der Waals surface area contributed by atoms with Gasteiger partial charge in [-0.3, -0.25) is 4.79 Å². The lowest BCUT2D eigenvalue weighted by Gasteiger charge is -2.34. The summed E-state index contributed by atoms with van der Waals surface area (Å²) >= 11 is 0. The van der Waals surface area contributed by atoms with E-state index in [0.717, 1.165) is 18.9 Å². The highest BCUT2D eigenvalue weighted by atomic mass is 19.4. The molecule has 168 valence electrons. The van der Waals surface area contributed by atoms with Crippen molar-refractivity contribution in [1.82, 2.24) is 15.5 Å². The van der Waals surface area contributed by atoms with E-state index in [1.54, 1.807) is 0 Å². The first-order chi connectivity index (χ1) is 14.2. The maximum atomic E-state index is 13.0. The average Bonchev–Trinajstić information content (AvgIpc) is 2.71. The fourth-order valence-electron chi connectivity index (χ4n) is 3.26. The van der Waals surface area contributed by atoms with Crippen LogP contribution in [-0.2, 0) is 11.0 Å². The summed E-state index contributed by atoms with van der Waals surface area (Å²) in [6.45, 7) is 8.05. The third-order valence-electron chi connectivity index (χ3n) is 4.80. The number of para-hydroxylation sites is 1. The van der Waals surface area contributed by atoms with E-state index in [2.05, 4.69) is 15.6 Å². The van der Waals surface area contributed by atoms with E-state index in [0.29, 0.717) is 25.6 Å². The summed E-state index contributed by atoms with van der Waals surface area (Å²) in [7, 11) is 0. The van der Waals surface area contributed by atoms with Crippen molar-refractivity contribution in [3.63, 3.8) is 0 Å². The number of alkyl halides is 3. The lowest BCUT2D eigenvalue weighted by Crippen LogP contribution is -2.50. The Hall–Kier alpha value is -2.45. The predicted molar refractivity (Wildman–Crippen MR) is 110 cm³/mol. The largest absolute Gasteiger partial charge is 0.491 e. The van der Waals surface area contributed by atoms with Gasteiger partial charge in [0.1, 0.15) is 12.4 Å². The van der Waals surface area contributed by atoms with Crippen molar-refractivity contribution in [3.8, 4) is 5.75 Å². The summed E-state index contributed by atoms with van der Waals surface area (Å²) in [6.07, 6.45) is -2.82. The van der Waals surface area contributed by atoms with Gasteiger partial charge in [-0.15, -0.1) is 0 Å². The third-order valence-corrected chi connectivity index (χ3v) is 4.80. The van der Waals surface area contributed by atoms with E-state index in [9.17, 15) is 18.0 Å². The van der Waals surface area contributed by atoms with Crippen LogP contribution in [0.4, 0.5) is 13.2 Å². The standard InChI is InChI=1S/C21H31F3N4O2/c1-4-25-20(27-16-9-12-28(13-10-16)19(29)15(2)3)26-11-14-30-18-8-6-5-7-17(18)21(22,23)24/h5-8,15-16H,4,9-14H2,1-3H3,(H2,25,26,27). The fourth-order valence-corrected chi connectivity index (χ4v) is 3.26. The van der Waals surface area contributed by atoms with Gasteiger partial charge in [0.15, 0.2) is 5.96 Å². The minimum atomic E-state index is -4.46. The van der Waals surface area contributed by atoms with Crippen molar-refractivity contribution in [1.29, 1.82) is 0 Å². The number of carbonyl (C=O) groups is 1. The Labute approximate surface area is 175 Å². The number of halogens is 3. The highest BCUT2D eigenvalue weighted by Crippen LogP contribution is 2.35. The molecule has 0 radical (unpaired) electrons. The van der Waals surface area contributed by atoms with Crippen molar-refractivity contribution in [2.45, 2.75) is 45.8 Å². The summed E-state index contributed by atoms with van der Waals surface area (Å²) in [6, 6.07) is 5.34. The van der Waals surface area contributed by atoms with Gasteiger partial charge in [-0.1, -0.05) is 26.0 Å². The number of likely N-dealkylation sites (tertiary alicyclic amines) is 1. The first-order valence-corrected chi connectivity index (χ1v) is 10.3. The summed E-state index contributed by atoms with van der Waals surface area (Å²) in [4.78, 5) is 18.4. The van der Waals surface area contributed by atoms with Crippen LogP contribution in [0.15, 0.2) is 29.3 Å². The molecule has 1 aliphatic heterocycles. The van der Waals surface area contributed by atoms with Crippen molar-refractivity contribution in [2.75, 3.05) is 32.8 Å². The van der Waals surface area contributed by atoms with E-state index in [4.69, 9.17) is 4.74 Å². The van der Waals surface area contributed by atoms with Gasteiger partial charge in [0.25, 0.3) is 0 Å². The molecular weight excluding hydrogens is 397 g/mol. The number of rotatable bonds is 7. The van der Waals surface area contributed by atoms with Crippen LogP contribution < -0.4 is 15.4 Å². The summed E-state index contributed by atoms with van der Waals surface area (Å²) in [5, 5.41) is 6.48. The molecule has 0 spiro atoms. The van der Waals surface area contributed by atoms with Crippen LogP contribution in [0.25, 0.3) is 0 Å². The van der Waals surface area contributed by atoms with E-state index in [-0.39, 0.29) is 36.8 Å². The topological polar surface area (TPSA) is 66.0 Å². The molecule has 1 amide bonds. The minimum absolute atomic E-state index is 0.00383. The molecule has 1 fully saturated rings. The van der Waals surface area contributed by atoms with Crippen molar-refractivity contribution < 1.29 is 22.7 Å². The third kappa shape index (κ3) is 7.11. The highest BCUT2D eigenvalue weighted by Gasteiger charge is 2.34.